The van der Waals surface area contributed by atoms with Gasteiger partial charge in [-0.1, -0.05) is 0 Å². The zero-order valence-electron chi connectivity index (χ0n) is 9.17. The third-order valence-electron chi connectivity index (χ3n) is 2.85. The lowest BCUT2D eigenvalue weighted by Gasteiger charge is -2.25. The van der Waals surface area contributed by atoms with Crippen LogP contribution in [0, 0.1) is 0 Å². The Bertz CT molecular complexity index is 661. The molecule has 0 spiro atoms. The lowest BCUT2D eigenvalue weighted by Crippen LogP contribution is -2.28. The molecule has 0 aliphatic carbocycles. The summed E-state index contributed by atoms with van der Waals surface area (Å²) in [6.07, 6.45) is 5.76. The Morgan fingerprint density at radius 2 is 2.47 bits per heavy atom. The first kappa shape index (κ1) is 9.88. The Balaban J connectivity index is 2.28. The van der Waals surface area contributed by atoms with Crippen LogP contribution in [0.5, 0.6) is 0 Å². The van der Waals surface area contributed by atoms with E-state index in [1.54, 1.807) is 17.2 Å². The highest BCUT2D eigenvalue weighted by Crippen LogP contribution is 2.30. The average molecular weight is 233 g/mol. The molecule has 1 atom stereocenters. The topological polar surface area (TPSA) is 98.8 Å². The number of H-pyrrole nitrogens is 1. The predicted octanol–water partition coefficient (Wildman–Crippen LogP) is 0.308. The van der Waals surface area contributed by atoms with Gasteiger partial charge in [-0.15, -0.1) is 0 Å². The molecule has 7 nitrogen and oxygen atoms in total. The number of rotatable bonds is 1. The summed E-state index contributed by atoms with van der Waals surface area (Å²) in [6.45, 7) is 1.90. The molecule has 2 aromatic rings. The number of imidazole rings is 1. The van der Waals surface area contributed by atoms with E-state index in [1.807, 2.05) is 13.0 Å². The Morgan fingerprint density at radius 3 is 3.18 bits per heavy atom. The minimum absolute atomic E-state index is 0.0683. The summed E-state index contributed by atoms with van der Waals surface area (Å²) >= 11 is 0. The average Bonchev–Trinajstić information content (AvgIpc) is 2.84. The molecule has 0 amide bonds. The van der Waals surface area contributed by atoms with Crippen LogP contribution < -0.4 is 11.3 Å². The number of ether oxygens (including phenoxy) is 1. The highest BCUT2D eigenvalue weighted by molar-refractivity contribution is 5.70. The van der Waals surface area contributed by atoms with Crippen LogP contribution >= 0.6 is 0 Å². The van der Waals surface area contributed by atoms with Crippen molar-refractivity contribution in [1.82, 2.24) is 19.5 Å². The monoisotopic (exact) mass is 233 g/mol. The number of aromatic amines is 1. The van der Waals surface area contributed by atoms with E-state index in [0.29, 0.717) is 12.1 Å². The molecule has 0 radical (unpaired) electrons. The van der Waals surface area contributed by atoms with E-state index in [1.165, 1.54) is 0 Å². The molecule has 0 saturated heterocycles. The van der Waals surface area contributed by atoms with E-state index in [4.69, 9.17) is 10.5 Å². The number of hydrogen-bond acceptors (Lipinski definition) is 5. The molecule has 3 N–H and O–H groups in total. The highest BCUT2D eigenvalue weighted by atomic mass is 16.5. The Morgan fingerprint density at radius 1 is 1.65 bits per heavy atom. The molecule has 1 aliphatic heterocycles. The summed E-state index contributed by atoms with van der Waals surface area (Å²) in [5.74, 6) is 0.0683. The zero-order valence-corrected chi connectivity index (χ0v) is 9.17. The van der Waals surface area contributed by atoms with Crippen molar-refractivity contribution in [1.29, 1.82) is 0 Å². The maximum absolute atomic E-state index is 11.6. The van der Waals surface area contributed by atoms with Crippen LogP contribution in [-0.2, 0) is 10.5 Å². The largest absolute Gasteiger partial charge is 0.475 e. The summed E-state index contributed by atoms with van der Waals surface area (Å²) in [5, 5.41) is 0. The van der Waals surface area contributed by atoms with Crippen molar-refractivity contribution in [3.05, 3.63) is 29.0 Å². The second-order valence-electron chi connectivity index (χ2n) is 4.11. The van der Waals surface area contributed by atoms with E-state index in [2.05, 4.69) is 15.0 Å². The number of fused-ring (bicyclic) bond motifs is 1. The van der Waals surface area contributed by atoms with Gasteiger partial charge in [-0.2, -0.15) is 4.98 Å². The molecule has 1 aliphatic rings. The van der Waals surface area contributed by atoms with Gasteiger partial charge in [-0.05, 0) is 13.0 Å². The van der Waals surface area contributed by atoms with Gasteiger partial charge in [-0.25, -0.2) is 4.98 Å². The van der Waals surface area contributed by atoms with Crippen LogP contribution in [0.4, 0.5) is 5.95 Å². The number of nitrogens with two attached hydrogens (primary N) is 1. The predicted molar refractivity (Wildman–Crippen MR) is 61.1 cm³/mol. The van der Waals surface area contributed by atoms with Crippen molar-refractivity contribution < 1.29 is 4.74 Å². The molecule has 0 saturated carbocycles. The van der Waals surface area contributed by atoms with Crippen LogP contribution in [0.2, 0.25) is 0 Å². The first-order valence-electron chi connectivity index (χ1n) is 5.16. The molecule has 88 valence electrons. The number of hydrogen-bond donors (Lipinski definition) is 2. The first-order valence-corrected chi connectivity index (χ1v) is 5.16. The Hall–Kier alpha value is -2.31. The first-order chi connectivity index (χ1) is 8.10. The fourth-order valence-electron chi connectivity index (χ4n) is 1.94. The van der Waals surface area contributed by atoms with Crippen molar-refractivity contribution in [3.8, 4) is 0 Å². The number of nitrogens with one attached hydrogen (secondary N) is 1. The lowest BCUT2D eigenvalue weighted by atomic mass is 10.2. The van der Waals surface area contributed by atoms with Gasteiger partial charge in [-0.3, -0.25) is 14.3 Å². The van der Waals surface area contributed by atoms with Crippen LogP contribution in [0.3, 0.4) is 0 Å². The second kappa shape index (κ2) is 3.09. The molecular formula is C10H11N5O2. The number of nitrogen functional groups attached to an aromatic ring is 1. The number of aromatic nitrogens is 4. The van der Waals surface area contributed by atoms with E-state index in [0.717, 1.165) is 0 Å². The van der Waals surface area contributed by atoms with Crippen LogP contribution in [0.15, 0.2) is 23.5 Å². The maximum atomic E-state index is 11.6. The van der Waals surface area contributed by atoms with Gasteiger partial charge in [0.05, 0.1) is 6.26 Å². The van der Waals surface area contributed by atoms with E-state index >= 15 is 0 Å². The SMILES string of the molecule is CC1(n2cnc3c(=O)[nH]c(N)nc32)CC=CO1. The minimum Gasteiger partial charge on any atom is -0.475 e. The smallest absolute Gasteiger partial charge is 0.280 e. The summed E-state index contributed by atoms with van der Waals surface area (Å²) in [4.78, 5) is 22.2. The van der Waals surface area contributed by atoms with Gasteiger partial charge in [0.2, 0.25) is 5.95 Å². The van der Waals surface area contributed by atoms with Gasteiger partial charge in [0.15, 0.2) is 16.9 Å². The molecule has 1 unspecified atom stereocenters. The maximum Gasteiger partial charge on any atom is 0.280 e. The van der Waals surface area contributed by atoms with Crippen LogP contribution in [0.25, 0.3) is 11.2 Å². The van der Waals surface area contributed by atoms with E-state index < -0.39 is 5.72 Å². The summed E-state index contributed by atoms with van der Waals surface area (Å²) in [7, 11) is 0. The quantitative estimate of drug-likeness (QED) is 0.738. The van der Waals surface area contributed by atoms with Gasteiger partial charge in [0.1, 0.15) is 6.33 Å². The lowest BCUT2D eigenvalue weighted by molar-refractivity contribution is -0.00812. The van der Waals surface area contributed by atoms with Crippen molar-refractivity contribution in [2.75, 3.05) is 5.73 Å². The van der Waals surface area contributed by atoms with Crippen molar-refractivity contribution in [2.24, 2.45) is 0 Å². The van der Waals surface area contributed by atoms with E-state index in [-0.39, 0.29) is 17.0 Å². The van der Waals surface area contributed by atoms with Crippen molar-refractivity contribution in [3.63, 3.8) is 0 Å². The summed E-state index contributed by atoms with van der Waals surface area (Å²) in [5.41, 5.74) is 5.28. The molecule has 3 rings (SSSR count). The normalized spacial score (nSPS) is 23.1. The third kappa shape index (κ3) is 1.32. The summed E-state index contributed by atoms with van der Waals surface area (Å²) in [6, 6.07) is 0. The van der Waals surface area contributed by atoms with Gasteiger partial charge in [0, 0.05) is 6.42 Å². The van der Waals surface area contributed by atoms with Crippen LogP contribution in [-0.4, -0.2) is 19.5 Å². The van der Waals surface area contributed by atoms with Crippen LogP contribution in [0.1, 0.15) is 13.3 Å². The van der Waals surface area contributed by atoms with Crippen molar-refractivity contribution in [2.45, 2.75) is 19.1 Å². The minimum atomic E-state index is -0.595. The number of anilines is 1. The van der Waals surface area contributed by atoms with Gasteiger partial charge in [0.25, 0.3) is 5.56 Å². The Labute approximate surface area is 95.9 Å². The molecule has 0 fully saturated rings. The zero-order chi connectivity index (χ0) is 12.0. The standard InChI is InChI=1S/C10H11N5O2/c1-10(3-2-4-17-10)15-5-12-6-7(15)13-9(11)14-8(6)16/h2,4-5H,3H2,1H3,(H3,11,13,14,16). The summed E-state index contributed by atoms with van der Waals surface area (Å²) < 4.78 is 7.24. The molecule has 3 heterocycles. The Kier molecular flexibility index (Phi) is 1.80. The molecule has 0 bridgehead atoms. The molecule has 17 heavy (non-hydrogen) atoms. The number of nitrogens with zero attached hydrogens (tertiary/aromatic N) is 3. The molecule has 7 heteroatoms. The fraction of sp³-hybridized carbons (Fsp3) is 0.300. The molecule has 0 aromatic carbocycles. The fourth-order valence-corrected chi connectivity index (χ4v) is 1.94. The molecule has 2 aromatic heterocycles. The second-order valence-corrected chi connectivity index (χ2v) is 4.11. The van der Waals surface area contributed by atoms with Gasteiger partial charge >= 0.3 is 0 Å². The third-order valence-corrected chi connectivity index (χ3v) is 2.85. The van der Waals surface area contributed by atoms with Gasteiger partial charge < -0.3 is 10.5 Å². The molecular weight excluding hydrogens is 222 g/mol. The van der Waals surface area contributed by atoms with Crippen molar-refractivity contribution >= 4 is 17.1 Å². The highest BCUT2D eigenvalue weighted by Gasteiger charge is 2.31. The van der Waals surface area contributed by atoms with E-state index in [9.17, 15) is 4.79 Å².